The van der Waals surface area contributed by atoms with E-state index in [1.165, 1.54) is 0 Å². The topological polar surface area (TPSA) is 55.1 Å². The molecule has 6 heteroatoms. The van der Waals surface area contributed by atoms with Gasteiger partial charge in [-0.15, -0.1) is 11.8 Å². The monoisotopic (exact) mass is 308 g/mol. The maximum absolute atomic E-state index is 13.4. The van der Waals surface area contributed by atoms with Crippen LogP contribution in [0, 0.1) is 11.6 Å². The average molecular weight is 308 g/mol. The first kappa shape index (κ1) is 15.3. The molecule has 2 aromatic rings. The van der Waals surface area contributed by atoms with Gasteiger partial charge in [0.1, 0.15) is 11.6 Å². The van der Waals surface area contributed by atoms with Crippen LogP contribution in [0.2, 0.25) is 0 Å². The van der Waals surface area contributed by atoms with Crippen molar-refractivity contribution in [3.63, 3.8) is 0 Å². The van der Waals surface area contributed by atoms with Crippen molar-refractivity contribution in [2.75, 3.05) is 16.8 Å². The number of nitrogen functional groups attached to an aromatic ring is 1. The minimum atomic E-state index is -0.497. The molecule has 3 nitrogen and oxygen atoms in total. The molecule has 3 N–H and O–H groups in total. The van der Waals surface area contributed by atoms with Gasteiger partial charge in [-0.1, -0.05) is 6.07 Å². The second-order valence-corrected chi connectivity index (χ2v) is 5.48. The number of rotatable bonds is 5. The Hall–Kier alpha value is -2.08. The van der Waals surface area contributed by atoms with E-state index >= 15 is 0 Å². The Kier molecular flexibility index (Phi) is 5.16. The Morgan fingerprint density at radius 3 is 2.76 bits per heavy atom. The highest BCUT2D eigenvalue weighted by Gasteiger charge is 2.07. The van der Waals surface area contributed by atoms with Gasteiger partial charge in [-0.05, 0) is 36.4 Å². The van der Waals surface area contributed by atoms with Crippen LogP contribution in [0.25, 0.3) is 0 Å². The van der Waals surface area contributed by atoms with E-state index in [1.807, 2.05) is 0 Å². The van der Waals surface area contributed by atoms with Crippen LogP contribution in [0.5, 0.6) is 0 Å². The Balaban J connectivity index is 1.83. The van der Waals surface area contributed by atoms with Crippen molar-refractivity contribution >= 4 is 29.0 Å². The standard InChI is InChI=1S/C15H14F2N2OS/c16-10-4-5-13(17)14(8-10)21-7-6-15(20)19-12-3-1-2-11(18)9-12/h1-5,8-9H,6-7,18H2,(H,19,20). The van der Waals surface area contributed by atoms with Crippen molar-refractivity contribution in [2.45, 2.75) is 11.3 Å². The molecule has 0 unspecified atom stereocenters. The Morgan fingerprint density at radius 2 is 2.00 bits per heavy atom. The van der Waals surface area contributed by atoms with E-state index in [-0.39, 0.29) is 17.2 Å². The second-order valence-electron chi connectivity index (χ2n) is 4.35. The third-order valence-corrected chi connectivity index (χ3v) is 3.68. The van der Waals surface area contributed by atoms with E-state index in [9.17, 15) is 13.6 Å². The molecule has 0 radical (unpaired) electrons. The van der Waals surface area contributed by atoms with Crippen molar-refractivity contribution in [3.05, 3.63) is 54.1 Å². The van der Waals surface area contributed by atoms with Crippen LogP contribution < -0.4 is 11.1 Å². The zero-order chi connectivity index (χ0) is 15.2. The van der Waals surface area contributed by atoms with Gasteiger partial charge < -0.3 is 11.1 Å². The molecule has 0 saturated carbocycles. The first-order valence-electron chi connectivity index (χ1n) is 6.28. The highest BCUT2D eigenvalue weighted by atomic mass is 32.2. The van der Waals surface area contributed by atoms with Gasteiger partial charge in [0.05, 0.1) is 0 Å². The van der Waals surface area contributed by atoms with E-state index in [0.717, 1.165) is 30.0 Å². The van der Waals surface area contributed by atoms with E-state index in [1.54, 1.807) is 24.3 Å². The lowest BCUT2D eigenvalue weighted by molar-refractivity contribution is -0.115. The minimum Gasteiger partial charge on any atom is -0.399 e. The van der Waals surface area contributed by atoms with Gasteiger partial charge in [0.2, 0.25) is 5.91 Å². The zero-order valence-electron chi connectivity index (χ0n) is 11.1. The highest BCUT2D eigenvalue weighted by Crippen LogP contribution is 2.23. The average Bonchev–Trinajstić information content (AvgIpc) is 2.42. The van der Waals surface area contributed by atoms with Gasteiger partial charge in [-0.25, -0.2) is 8.78 Å². The van der Waals surface area contributed by atoms with Crippen LogP contribution in [0.4, 0.5) is 20.2 Å². The molecule has 110 valence electrons. The van der Waals surface area contributed by atoms with Crippen molar-refractivity contribution in [2.24, 2.45) is 0 Å². The maximum Gasteiger partial charge on any atom is 0.225 e. The van der Waals surface area contributed by atoms with E-state index < -0.39 is 11.6 Å². The Bertz CT molecular complexity index is 649. The quantitative estimate of drug-likeness (QED) is 0.654. The molecule has 0 saturated heterocycles. The van der Waals surface area contributed by atoms with Gasteiger partial charge in [0.15, 0.2) is 0 Å². The number of hydrogen-bond donors (Lipinski definition) is 2. The van der Waals surface area contributed by atoms with Crippen LogP contribution in [0.1, 0.15) is 6.42 Å². The van der Waals surface area contributed by atoms with Crippen LogP contribution in [0.15, 0.2) is 47.4 Å². The molecule has 2 aromatic carbocycles. The van der Waals surface area contributed by atoms with Crippen LogP contribution >= 0.6 is 11.8 Å². The van der Waals surface area contributed by atoms with Crippen LogP contribution in [0.3, 0.4) is 0 Å². The van der Waals surface area contributed by atoms with Gasteiger partial charge in [-0.2, -0.15) is 0 Å². The molecule has 0 heterocycles. The summed E-state index contributed by atoms with van der Waals surface area (Å²) in [5, 5.41) is 2.69. The molecule has 0 aliphatic rings. The molecule has 2 rings (SSSR count). The molecule has 21 heavy (non-hydrogen) atoms. The van der Waals surface area contributed by atoms with E-state index in [4.69, 9.17) is 5.73 Å². The van der Waals surface area contributed by atoms with Gasteiger partial charge in [0.25, 0.3) is 0 Å². The van der Waals surface area contributed by atoms with Crippen molar-refractivity contribution < 1.29 is 13.6 Å². The fraction of sp³-hybridized carbons (Fsp3) is 0.133. The SMILES string of the molecule is Nc1cccc(NC(=O)CCSc2cc(F)ccc2F)c1. The number of anilines is 2. The lowest BCUT2D eigenvalue weighted by Gasteiger charge is -2.06. The molecule has 0 aliphatic heterocycles. The number of carbonyl (C=O) groups excluding carboxylic acids is 1. The fourth-order valence-corrected chi connectivity index (χ4v) is 2.59. The number of amides is 1. The summed E-state index contributed by atoms with van der Waals surface area (Å²) in [6, 6.07) is 10.1. The summed E-state index contributed by atoms with van der Waals surface area (Å²) in [6.45, 7) is 0. The lowest BCUT2D eigenvalue weighted by Crippen LogP contribution is -2.12. The fourth-order valence-electron chi connectivity index (χ4n) is 1.68. The van der Waals surface area contributed by atoms with E-state index in [2.05, 4.69) is 5.32 Å². The molecule has 0 spiro atoms. The van der Waals surface area contributed by atoms with Crippen molar-refractivity contribution in [1.29, 1.82) is 0 Å². The zero-order valence-corrected chi connectivity index (χ0v) is 11.9. The summed E-state index contributed by atoms with van der Waals surface area (Å²) in [6.07, 6.45) is 0.190. The van der Waals surface area contributed by atoms with Crippen LogP contribution in [-0.4, -0.2) is 11.7 Å². The normalized spacial score (nSPS) is 10.4. The number of nitrogens with two attached hydrogens (primary N) is 1. The smallest absolute Gasteiger partial charge is 0.225 e. The van der Waals surface area contributed by atoms with E-state index in [0.29, 0.717) is 17.1 Å². The number of nitrogens with one attached hydrogen (secondary N) is 1. The Labute approximate surface area is 125 Å². The summed E-state index contributed by atoms with van der Waals surface area (Å²) in [5.41, 5.74) is 6.78. The molecule has 0 aromatic heterocycles. The summed E-state index contributed by atoms with van der Waals surface area (Å²) >= 11 is 1.10. The first-order chi connectivity index (χ1) is 10.0. The molecular formula is C15H14F2N2OS. The summed E-state index contributed by atoms with van der Waals surface area (Å²) in [5.74, 6) is -0.834. The second kappa shape index (κ2) is 7.08. The van der Waals surface area contributed by atoms with Gasteiger partial charge in [0, 0.05) is 28.4 Å². The predicted molar refractivity (Wildman–Crippen MR) is 81.2 cm³/mol. The molecule has 0 atom stereocenters. The van der Waals surface area contributed by atoms with Crippen LogP contribution in [-0.2, 0) is 4.79 Å². The number of benzene rings is 2. The largest absolute Gasteiger partial charge is 0.399 e. The Morgan fingerprint density at radius 1 is 1.19 bits per heavy atom. The summed E-state index contributed by atoms with van der Waals surface area (Å²) in [7, 11) is 0. The maximum atomic E-state index is 13.4. The van der Waals surface area contributed by atoms with Crippen molar-refractivity contribution in [1.82, 2.24) is 0 Å². The molecule has 1 amide bonds. The summed E-state index contributed by atoms with van der Waals surface area (Å²) < 4.78 is 26.4. The molecular weight excluding hydrogens is 294 g/mol. The third-order valence-electron chi connectivity index (χ3n) is 2.65. The number of carbonyl (C=O) groups is 1. The summed E-state index contributed by atoms with van der Waals surface area (Å²) in [4.78, 5) is 11.9. The minimum absolute atomic E-state index is 0.190. The molecule has 0 aliphatic carbocycles. The number of thioether (sulfide) groups is 1. The predicted octanol–water partition coefficient (Wildman–Crippen LogP) is 3.67. The lowest BCUT2D eigenvalue weighted by atomic mass is 10.3. The van der Waals surface area contributed by atoms with Gasteiger partial charge >= 0.3 is 0 Å². The first-order valence-corrected chi connectivity index (χ1v) is 7.26. The third kappa shape index (κ3) is 4.75. The number of halogens is 2. The van der Waals surface area contributed by atoms with Crippen molar-refractivity contribution in [3.8, 4) is 0 Å². The molecule has 0 fully saturated rings. The van der Waals surface area contributed by atoms with Gasteiger partial charge in [-0.3, -0.25) is 4.79 Å². The molecule has 0 bridgehead atoms. The highest BCUT2D eigenvalue weighted by molar-refractivity contribution is 7.99. The number of hydrogen-bond acceptors (Lipinski definition) is 3.